The Morgan fingerprint density at radius 3 is 2.32 bits per heavy atom. The molecule has 0 saturated carbocycles. The third-order valence-corrected chi connectivity index (χ3v) is 3.95. The van der Waals surface area contributed by atoms with Crippen LogP contribution in [0.25, 0.3) is 22.5 Å². The summed E-state index contributed by atoms with van der Waals surface area (Å²) in [5.41, 5.74) is 5.70. The Bertz CT molecular complexity index is 801. The molecule has 1 aromatic heterocycles. The fourth-order valence-corrected chi connectivity index (χ4v) is 2.69. The van der Waals surface area contributed by atoms with Gasteiger partial charge in [-0.3, -0.25) is 4.68 Å². The highest BCUT2D eigenvalue weighted by molar-refractivity contribution is 5.79. The highest BCUT2D eigenvalue weighted by atomic mass is 16.3. The van der Waals surface area contributed by atoms with Crippen molar-refractivity contribution in [3.8, 4) is 28.3 Å². The largest absolute Gasteiger partial charge is 0.504 e. The van der Waals surface area contributed by atoms with Gasteiger partial charge in [0.1, 0.15) is 11.4 Å². The summed E-state index contributed by atoms with van der Waals surface area (Å²) < 4.78 is 1.87. The van der Waals surface area contributed by atoms with Crippen molar-refractivity contribution in [1.82, 2.24) is 9.78 Å². The lowest BCUT2D eigenvalue weighted by Crippen LogP contribution is -2.00. The van der Waals surface area contributed by atoms with E-state index in [0.717, 1.165) is 22.4 Å². The van der Waals surface area contributed by atoms with Crippen LogP contribution in [0.5, 0.6) is 5.75 Å². The minimum absolute atomic E-state index is 0.250. The van der Waals surface area contributed by atoms with Gasteiger partial charge in [-0.15, -0.1) is 0 Å². The summed E-state index contributed by atoms with van der Waals surface area (Å²) in [6.07, 6.45) is 0. The molecule has 0 amide bonds. The van der Waals surface area contributed by atoms with E-state index in [0.29, 0.717) is 12.2 Å². The van der Waals surface area contributed by atoms with Gasteiger partial charge < -0.3 is 5.11 Å². The first-order chi connectivity index (χ1) is 10.6. The third kappa shape index (κ3) is 2.39. The fraction of sp³-hybridized carbons (Fsp3) is 0.211. The molecule has 112 valence electrons. The molecule has 3 heteroatoms. The molecular formula is C19H20N2O. The van der Waals surface area contributed by atoms with E-state index >= 15 is 0 Å². The smallest absolute Gasteiger partial charge is 0.169 e. The standard InChI is InChI=1S/C19H20N2O/c1-4-21-18(16-8-6-5-7-14(16)3)19(22)17(20-21)15-11-9-13(2)10-12-15/h5-12,22H,4H2,1-3H3. The van der Waals surface area contributed by atoms with Gasteiger partial charge in [0.05, 0.1) is 0 Å². The first kappa shape index (κ1) is 14.4. The van der Waals surface area contributed by atoms with Crippen molar-refractivity contribution in [3.63, 3.8) is 0 Å². The van der Waals surface area contributed by atoms with Crippen molar-refractivity contribution < 1.29 is 5.11 Å². The molecule has 0 aliphatic carbocycles. The summed E-state index contributed by atoms with van der Waals surface area (Å²) in [6, 6.07) is 16.1. The molecule has 0 aliphatic heterocycles. The van der Waals surface area contributed by atoms with E-state index in [1.807, 2.05) is 74.0 Å². The van der Waals surface area contributed by atoms with Gasteiger partial charge in [0.25, 0.3) is 0 Å². The summed E-state index contributed by atoms with van der Waals surface area (Å²) >= 11 is 0. The molecule has 22 heavy (non-hydrogen) atoms. The van der Waals surface area contributed by atoms with Crippen LogP contribution >= 0.6 is 0 Å². The van der Waals surface area contributed by atoms with Crippen LogP contribution in [0.15, 0.2) is 48.5 Å². The zero-order valence-electron chi connectivity index (χ0n) is 13.2. The lowest BCUT2D eigenvalue weighted by atomic mass is 10.0. The topological polar surface area (TPSA) is 38.0 Å². The number of nitrogens with zero attached hydrogens (tertiary/aromatic N) is 2. The Kier molecular flexibility index (Phi) is 3.72. The van der Waals surface area contributed by atoms with E-state index in [2.05, 4.69) is 5.10 Å². The molecule has 0 aliphatic rings. The molecule has 2 aromatic carbocycles. The number of rotatable bonds is 3. The lowest BCUT2D eigenvalue weighted by Gasteiger charge is -2.08. The Labute approximate surface area is 130 Å². The second-order valence-corrected chi connectivity index (χ2v) is 5.54. The number of aromatic nitrogens is 2. The average molecular weight is 292 g/mol. The van der Waals surface area contributed by atoms with Crippen molar-refractivity contribution >= 4 is 0 Å². The molecule has 0 bridgehead atoms. The molecule has 3 rings (SSSR count). The maximum atomic E-state index is 10.8. The Morgan fingerprint density at radius 1 is 1.00 bits per heavy atom. The highest BCUT2D eigenvalue weighted by Crippen LogP contribution is 2.39. The number of hydrogen-bond donors (Lipinski definition) is 1. The zero-order valence-corrected chi connectivity index (χ0v) is 13.2. The van der Waals surface area contributed by atoms with E-state index in [1.165, 1.54) is 5.56 Å². The van der Waals surface area contributed by atoms with Crippen LogP contribution in [0.2, 0.25) is 0 Å². The Balaban J connectivity index is 2.20. The van der Waals surface area contributed by atoms with Gasteiger partial charge in [-0.25, -0.2) is 0 Å². The van der Waals surface area contributed by atoms with Gasteiger partial charge >= 0.3 is 0 Å². The monoisotopic (exact) mass is 292 g/mol. The maximum absolute atomic E-state index is 10.8. The summed E-state index contributed by atoms with van der Waals surface area (Å²) in [6.45, 7) is 6.84. The van der Waals surface area contributed by atoms with E-state index in [1.54, 1.807) is 0 Å². The minimum atomic E-state index is 0.250. The molecule has 1 heterocycles. The molecule has 0 saturated heterocycles. The van der Waals surface area contributed by atoms with Gasteiger partial charge in [0.2, 0.25) is 0 Å². The molecule has 0 radical (unpaired) electrons. The molecule has 0 atom stereocenters. The van der Waals surface area contributed by atoms with Crippen molar-refractivity contribution in [1.29, 1.82) is 0 Å². The van der Waals surface area contributed by atoms with Crippen molar-refractivity contribution in [2.24, 2.45) is 0 Å². The predicted molar refractivity (Wildman–Crippen MR) is 89.9 cm³/mol. The van der Waals surface area contributed by atoms with E-state index < -0.39 is 0 Å². The number of hydrogen-bond acceptors (Lipinski definition) is 2. The molecule has 0 fully saturated rings. The van der Waals surface area contributed by atoms with Crippen molar-refractivity contribution in [2.45, 2.75) is 27.3 Å². The molecule has 3 nitrogen and oxygen atoms in total. The Morgan fingerprint density at radius 2 is 1.68 bits per heavy atom. The van der Waals surface area contributed by atoms with Gasteiger partial charge in [-0.1, -0.05) is 54.1 Å². The second-order valence-electron chi connectivity index (χ2n) is 5.54. The maximum Gasteiger partial charge on any atom is 0.169 e. The summed E-state index contributed by atoms with van der Waals surface area (Å²) in [5.74, 6) is 0.250. The molecule has 3 aromatic rings. The van der Waals surface area contributed by atoms with Crippen LogP contribution in [0, 0.1) is 13.8 Å². The van der Waals surface area contributed by atoms with Crippen LogP contribution in [0.3, 0.4) is 0 Å². The zero-order chi connectivity index (χ0) is 15.7. The van der Waals surface area contributed by atoms with Gasteiger partial charge in [0.15, 0.2) is 5.75 Å². The van der Waals surface area contributed by atoms with Gasteiger partial charge in [-0.2, -0.15) is 5.10 Å². The quantitative estimate of drug-likeness (QED) is 0.768. The summed E-state index contributed by atoms with van der Waals surface area (Å²) in [4.78, 5) is 0. The lowest BCUT2D eigenvalue weighted by molar-refractivity contribution is 0.478. The van der Waals surface area contributed by atoms with Crippen LogP contribution in [0.4, 0.5) is 0 Å². The second kappa shape index (κ2) is 5.68. The molecule has 0 spiro atoms. The summed E-state index contributed by atoms with van der Waals surface area (Å²) in [7, 11) is 0. The minimum Gasteiger partial charge on any atom is -0.504 e. The molecule has 1 N–H and O–H groups in total. The highest BCUT2D eigenvalue weighted by Gasteiger charge is 2.20. The fourth-order valence-electron chi connectivity index (χ4n) is 2.69. The normalized spacial score (nSPS) is 10.9. The van der Waals surface area contributed by atoms with Gasteiger partial charge in [-0.05, 0) is 26.3 Å². The molecule has 0 unspecified atom stereocenters. The van der Waals surface area contributed by atoms with E-state index in [-0.39, 0.29) is 5.75 Å². The SMILES string of the molecule is CCn1nc(-c2ccc(C)cc2)c(O)c1-c1ccccc1C. The van der Waals surface area contributed by atoms with Gasteiger partial charge in [0, 0.05) is 17.7 Å². The van der Waals surface area contributed by atoms with Crippen LogP contribution in [0.1, 0.15) is 18.1 Å². The van der Waals surface area contributed by atoms with Crippen LogP contribution in [-0.2, 0) is 6.54 Å². The van der Waals surface area contributed by atoms with Crippen LogP contribution in [-0.4, -0.2) is 14.9 Å². The number of aromatic hydroxyl groups is 1. The number of benzene rings is 2. The van der Waals surface area contributed by atoms with E-state index in [4.69, 9.17) is 0 Å². The third-order valence-electron chi connectivity index (χ3n) is 3.95. The van der Waals surface area contributed by atoms with Crippen LogP contribution < -0.4 is 0 Å². The molecular weight excluding hydrogens is 272 g/mol. The van der Waals surface area contributed by atoms with Crippen molar-refractivity contribution in [2.75, 3.05) is 0 Å². The summed E-state index contributed by atoms with van der Waals surface area (Å²) in [5, 5.41) is 15.4. The average Bonchev–Trinajstić information content (AvgIpc) is 2.85. The first-order valence-corrected chi connectivity index (χ1v) is 7.54. The first-order valence-electron chi connectivity index (χ1n) is 7.54. The number of aryl methyl sites for hydroxylation is 3. The van der Waals surface area contributed by atoms with E-state index in [9.17, 15) is 5.11 Å². The Hall–Kier alpha value is -2.55. The predicted octanol–water partition coefficient (Wildman–Crippen LogP) is 4.56. The van der Waals surface area contributed by atoms with Crippen molar-refractivity contribution in [3.05, 3.63) is 59.7 Å².